The predicted octanol–water partition coefficient (Wildman–Crippen LogP) is -1.33. The molecule has 0 aliphatic carbocycles. The van der Waals surface area contributed by atoms with Crippen LogP contribution in [0.5, 0.6) is 0 Å². The molecular formula is C8H16N2O4S. The lowest BCUT2D eigenvalue weighted by molar-refractivity contribution is -0.139. The standard InChI is InChI=1S/C8H16N2O4S/c1-5(4-15(2)14)10-8(13)6(9)3-7(11)12/h5-6H,3-4,9H2,1-2H3,(H,10,13)(H,11,12). The van der Waals surface area contributed by atoms with Crippen LogP contribution in [0.2, 0.25) is 0 Å². The minimum Gasteiger partial charge on any atom is -0.481 e. The third-order valence-corrected chi connectivity index (χ3v) is 2.57. The zero-order chi connectivity index (χ0) is 12.0. The molecule has 0 aliphatic rings. The molecule has 0 rings (SSSR count). The van der Waals surface area contributed by atoms with Crippen LogP contribution in [0.25, 0.3) is 0 Å². The van der Waals surface area contributed by atoms with E-state index in [9.17, 15) is 13.8 Å². The Balaban J connectivity index is 4.01. The second-order valence-electron chi connectivity index (χ2n) is 3.35. The van der Waals surface area contributed by atoms with E-state index in [2.05, 4.69) is 5.32 Å². The maximum absolute atomic E-state index is 11.3. The largest absolute Gasteiger partial charge is 0.481 e. The Kier molecular flexibility index (Phi) is 6.11. The lowest BCUT2D eigenvalue weighted by Gasteiger charge is -2.15. The van der Waals surface area contributed by atoms with Gasteiger partial charge in [-0.25, -0.2) is 0 Å². The van der Waals surface area contributed by atoms with E-state index in [0.717, 1.165) is 0 Å². The maximum atomic E-state index is 11.3. The van der Waals surface area contributed by atoms with Gasteiger partial charge in [-0.2, -0.15) is 0 Å². The van der Waals surface area contributed by atoms with Crippen molar-refractivity contribution in [3.63, 3.8) is 0 Å². The van der Waals surface area contributed by atoms with E-state index in [1.165, 1.54) is 6.26 Å². The molecule has 0 aliphatic heterocycles. The van der Waals surface area contributed by atoms with Crippen LogP contribution in [0.15, 0.2) is 0 Å². The Morgan fingerprint density at radius 1 is 1.53 bits per heavy atom. The highest BCUT2D eigenvalue weighted by molar-refractivity contribution is 7.84. The number of carboxylic acid groups (broad SMARTS) is 1. The number of carboxylic acids is 1. The summed E-state index contributed by atoms with van der Waals surface area (Å²) in [6.45, 7) is 1.69. The fraction of sp³-hybridized carbons (Fsp3) is 0.750. The zero-order valence-corrected chi connectivity index (χ0v) is 9.54. The van der Waals surface area contributed by atoms with Gasteiger partial charge in [0.15, 0.2) is 0 Å². The van der Waals surface area contributed by atoms with E-state index in [4.69, 9.17) is 10.8 Å². The van der Waals surface area contributed by atoms with Crippen molar-refractivity contribution < 1.29 is 18.9 Å². The molecule has 15 heavy (non-hydrogen) atoms. The Morgan fingerprint density at radius 3 is 2.47 bits per heavy atom. The highest BCUT2D eigenvalue weighted by Crippen LogP contribution is 1.91. The van der Waals surface area contributed by atoms with Gasteiger partial charge in [-0.15, -0.1) is 0 Å². The van der Waals surface area contributed by atoms with Crippen LogP contribution >= 0.6 is 0 Å². The first-order valence-corrected chi connectivity index (χ1v) is 6.13. The minimum absolute atomic E-state index is 0.275. The summed E-state index contributed by atoms with van der Waals surface area (Å²) in [6, 6.07) is -1.33. The summed E-state index contributed by atoms with van der Waals surface area (Å²) in [5.41, 5.74) is 5.33. The summed E-state index contributed by atoms with van der Waals surface area (Å²) in [4.78, 5) is 21.5. The quantitative estimate of drug-likeness (QED) is 0.529. The second kappa shape index (κ2) is 6.52. The number of carbonyl (C=O) groups excluding carboxylic acids is 1. The fourth-order valence-corrected chi connectivity index (χ4v) is 1.81. The molecule has 0 radical (unpaired) electrons. The first-order chi connectivity index (χ1) is 6.82. The van der Waals surface area contributed by atoms with Gasteiger partial charge >= 0.3 is 5.97 Å². The molecule has 0 aromatic heterocycles. The molecule has 0 saturated heterocycles. The number of carbonyl (C=O) groups is 2. The first-order valence-electron chi connectivity index (χ1n) is 4.40. The van der Waals surface area contributed by atoms with Crippen LogP contribution in [0.4, 0.5) is 0 Å². The maximum Gasteiger partial charge on any atom is 0.305 e. The number of rotatable bonds is 6. The van der Waals surface area contributed by atoms with Crippen LogP contribution in [-0.4, -0.2) is 45.3 Å². The number of nitrogens with two attached hydrogens (primary N) is 1. The Hall–Kier alpha value is -0.950. The predicted molar refractivity (Wildman–Crippen MR) is 56.8 cm³/mol. The van der Waals surface area contributed by atoms with Crippen molar-refractivity contribution in [2.75, 3.05) is 12.0 Å². The van der Waals surface area contributed by atoms with Gasteiger partial charge in [0.1, 0.15) is 0 Å². The van der Waals surface area contributed by atoms with Crippen molar-refractivity contribution in [2.45, 2.75) is 25.4 Å². The third kappa shape index (κ3) is 7.03. The summed E-state index contributed by atoms with van der Waals surface area (Å²) in [6.07, 6.45) is 1.12. The molecule has 1 amide bonds. The molecule has 0 heterocycles. The highest BCUT2D eigenvalue weighted by Gasteiger charge is 2.18. The molecule has 3 atom stereocenters. The summed E-state index contributed by atoms with van der Waals surface area (Å²) < 4.78 is 10.8. The van der Waals surface area contributed by atoms with Crippen molar-refractivity contribution in [3.05, 3.63) is 0 Å². The third-order valence-electron chi connectivity index (χ3n) is 1.60. The van der Waals surface area contributed by atoms with Crippen molar-refractivity contribution in [1.82, 2.24) is 5.32 Å². The average molecular weight is 236 g/mol. The normalized spacial score (nSPS) is 16.5. The Bertz CT molecular complexity index is 269. The van der Waals surface area contributed by atoms with Crippen molar-refractivity contribution in [1.29, 1.82) is 0 Å². The summed E-state index contributed by atoms with van der Waals surface area (Å²) >= 11 is 0. The van der Waals surface area contributed by atoms with Crippen LogP contribution in [0.1, 0.15) is 13.3 Å². The van der Waals surface area contributed by atoms with Gasteiger partial charge in [0.25, 0.3) is 0 Å². The van der Waals surface area contributed by atoms with Gasteiger partial charge in [-0.05, 0) is 6.92 Å². The summed E-state index contributed by atoms with van der Waals surface area (Å²) in [5.74, 6) is -1.33. The zero-order valence-electron chi connectivity index (χ0n) is 8.73. The van der Waals surface area contributed by atoms with E-state index >= 15 is 0 Å². The minimum atomic E-state index is -1.12. The molecule has 3 unspecified atom stereocenters. The van der Waals surface area contributed by atoms with Gasteiger partial charge in [-0.3, -0.25) is 13.8 Å². The molecular weight excluding hydrogens is 220 g/mol. The number of aliphatic carboxylic acids is 1. The van der Waals surface area contributed by atoms with E-state index in [1.54, 1.807) is 6.92 Å². The van der Waals surface area contributed by atoms with Gasteiger partial charge in [0.2, 0.25) is 5.91 Å². The van der Waals surface area contributed by atoms with Crippen LogP contribution in [0.3, 0.4) is 0 Å². The van der Waals surface area contributed by atoms with Crippen molar-refractivity contribution >= 4 is 22.7 Å². The van der Waals surface area contributed by atoms with Crippen LogP contribution in [0, 0.1) is 0 Å². The van der Waals surface area contributed by atoms with E-state index in [1.807, 2.05) is 0 Å². The number of nitrogens with one attached hydrogen (secondary N) is 1. The van der Waals surface area contributed by atoms with Gasteiger partial charge in [0.05, 0.1) is 12.5 Å². The number of amides is 1. The summed E-state index contributed by atoms with van der Waals surface area (Å²) in [7, 11) is -1.01. The second-order valence-corrected chi connectivity index (χ2v) is 4.83. The molecule has 6 nitrogen and oxygen atoms in total. The van der Waals surface area contributed by atoms with Gasteiger partial charge in [-0.1, -0.05) is 0 Å². The van der Waals surface area contributed by atoms with Crippen molar-refractivity contribution in [2.24, 2.45) is 5.73 Å². The van der Waals surface area contributed by atoms with E-state index in [-0.39, 0.29) is 6.04 Å². The average Bonchev–Trinajstić information content (AvgIpc) is 2.00. The molecule has 7 heteroatoms. The van der Waals surface area contributed by atoms with E-state index in [0.29, 0.717) is 5.75 Å². The van der Waals surface area contributed by atoms with Gasteiger partial charge < -0.3 is 16.2 Å². The lowest BCUT2D eigenvalue weighted by atomic mass is 10.2. The summed E-state index contributed by atoms with van der Waals surface area (Å²) in [5, 5.41) is 10.9. The number of hydrogen-bond donors (Lipinski definition) is 3. The Labute approximate surface area is 90.7 Å². The molecule has 0 fully saturated rings. The first kappa shape index (κ1) is 14.1. The smallest absolute Gasteiger partial charge is 0.305 e. The van der Waals surface area contributed by atoms with Gasteiger partial charge in [0, 0.05) is 28.9 Å². The molecule has 0 bridgehead atoms. The molecule has 0 spiro atoms. The van der Waals surface area contributed by atoms with E-state index < -0.39 is 35.1 Å². The molecule has 0 saturated carbocycles. The molecule has 4 N–H and O–H groups in total. The SMILES string of the molecule is CC(CS(C)=O)NC(=O)C(N)CC(=O)O. The van der Waals surface area contributed by atoms with Crippen molar-refractivity contribution in [3.8, 4) is 0 Å². The van der Waals surface area contributed by atoms with Crippen LogP contribution in [-0.2, 0) is 20.4 Å². The van der Waals surface area contributed by atoms with Crippen LogP contribution < -0.4 is 11.1 Å². The lowest BCUT2D eigenvalue weighted by Crippen LogP contribution is -2.46. The highest BCUT2D eigenvalue weighted by atomic mass is 32.2. The molecule has 0 aromatic carbocycles. The molecule has 0 aromatic rings. The number of hydrogen-bond acceptors (Lipinski definition) is 4. The topological polar surface area (TPSA) is 109 Å². The fourth-order valence-electron chi connectivity index (χ4n) is 1.02. The molecule has 88 valence electrons. The Morgan fingerprint density at radius 2 is 2.07 bits per heavy atom. The monoisotopic (exact) mass is 236 g/mol.